The zero-order valence-electron chi connectivity index (χ0n) is 18.7. The van der Waals surface area contributed by atoms with E-state index < -0.39 is 11.9 Å². The van der Waals surface area contributed by atoms with Gasteiger partial charge in [0, 0.05) is 17.6 Å². The molecule has 0 radical (unpaired) electrons. The standard InChI is InChI=1S/C23H32ClN5O3/c1-23(2)9-3-5-15(12-23)28-22(32)18-6-4-10-29(18)19(30)13-27-17-11-14(24)7-8-16(17)20(25)21(26)31/h7-8,11,15,18,25,27H,3-6,9-10,12-13H2,1-2H3,(H2,26,31)(H,28,32)/p+1/t15?,18-/m0/s1. The summed E-state index contributed by atoms with van der Waals surface area (Å²) in [6.45, 7) is 4.94. The maximum Gasteiger partial charge on any atom is 0.313 e. The van der Waals surface area contributed by atoms with Crippen LogP contribution in [0, 0.1) is 5.41 Å². The van der Waals surface area contributed by atoms with Gasteiger partial charge in [-0.1, -0.05) is 31.9 Å². The Bertz CT molecular complexity index is 917. The number of amides is 3. The fourth-order valence-corrected chi connectivity index (χ4v) is 4.93. The molecule has 3 rings (SSSR count). The first-order valence-electron chi connectivity index (χ1n) is 11.1. The number of primary amides is 1. The Morgan fingerprint density at radius 3 is 2.69 bits per heavy atom. The van der Waals surface area contributed by atoms with Gasteiger partial charge in [-0.05, 0) is 55.7 Å². The molecule has 2 fully saturated rings. The number of hydrogen-bond acceptors (Lipinski definition) is 4. The highest BCUT2D eigenvalue weighted by molar-refractivity contribution is 6.43. The van der Waals surface area contributed by atoms with E-state index in [1.807, 2.05) is 0 Å². The molecule has 6 N–H and O–H groups in total. The molecule has 1 heterocycles. The maximum absolute atomic E-state index is 13.0. The summed E-state index contributed by atoms with van der Waals surface area (Å²) in [6, 6.07) is 4.44. The van der Waals surface area contributed by atoms with Crippen molar-refractivity contribution in [2.24, 2.45) is 11.1 Å². The molecular weight excluding hydrogens is 430 g/mol. The van der Waals surface area contributed by atoms with Gasteiger partial charge in [-0.3, -0.25) is 14.4 Å². The monoisotopic (exact) mass is 462 g/mol. The number of halogens is 1. The van der Waals surface area contributed by atoms with Crippen LogP contribution in [-0.4, -0.2) is 53.5 Å². The molecule has 2 atom stereocenters. The minimum Gasteiger partial charge on any atom is -0.375 e. The number of nitrogens with one attached hydrogen (secondary N) is 2. The van der Waals surface area contributed by atoms with Crippen LogP contribution >= 0.6 is 11.6 Å². The number of hydrogen-bond donors (Lipinski definition) is 4. The first kappa shape index (κ1) is 24.0. The van der Waals surface area contributed by atoms with Crippen LogP contribution in [0.5, 0.6) is 0 Å². The van der Waals surface area contributed by atoms with Crippen molar-refractivity contribution in [3.63, 3.8) is 0 Å². The molecule has 3 amide bonds. The molecule has 32 heavy (non-hydrogen) atoms. The van der Waals surface area contributed by atoms with Crippen molar-refractivity contribution in [1.29, 1.82) is 0 Å². The van der Waals surface area contributed by atoms with Gasteiger partial charge in [0.1, 0.15) is 6.04 Å². The Balaban J connectivity index is 1.63. The predicted octanol–water partition coefficient (Wildman–Crippen LogP) is 0.861. The van der Waals surface area contributed by atoms with Crippen LogP contribution in [-0.2, 0) is 14.4 Å². The van der Waals surface area contributed by atoms with E-state index in [2.05, 4.69) is 24.5 Å². The lowest BCUT2D eigenvalue weighted by Crippen LogP contribution is -2.51. The van der Waals surface area contributed by atoms with Gasteiger partial charge in [0.15, 0.2) is 0 Å². The average Bonchev–Trinajstić information content (AvgIpc) is 3.21. The molecule has 8 nitrogen and oxygen atoms in total. The highest BCUT2D eigenvalue weighted by Crippen LogP contribution is 2.35. The third-order valence-electron chi connectivity index (χ3n) is 6.39. The fraction of sp³-hybridized carbons (Fsp3) is 0.565. The van der Waals surface area contributed by atoms with Gasteiger partial charge < -0.3 is 21.3 Å². The van der Waals surface area contributed by atoms with Gasteiger partial charge >= 0.3 is 5.91 Å². The van der Waals surface area contributed by atoms with Crippen molar-refractivity contribution in [2.45, 2.75) is 64.5 Å². The molecule has 1 saturated heterocycles. The van der Waals surface area contributed by atoms with Crippen LogP contribution in [0.1, 0.15) is 57.9 Å². The van der Waals surface area contributed by atoms with E-state index >= 15 is 0 Å². The van der Waals surface area contributed by atoms with Crippen molar-refractivity contribution >= 4 is 40.7 Å². The van der Waals surface area contributed by atoms with Crippen molar-refractivity contribution in [1.82, 2.24) is 10.2 Å². The predicted molar refractivity (Wildman–Crippen MR) is 124 cm³/mol. The third kappa shape index (κ3) is 5.79. The molecular formula is C23H33ClN5O3+. The summed E-state index contributed by atoms with van der Waals surface area (Å²) in [5.41, 5.74) is 6.22. The number of carbonyl (C=O) groups excluding carboxylic acids is 3. The molecule has 1 saturated carbocycles. The van der Waals surface area contributed by atoms with E-state index in [0.29, 0.717) is 29.2 Å². The van der Waals surface area contributed by atoms with Gasteiger partial charge in [-0.15, -0.1) is 0 Å². The zero-order valence-corrected chi connectivity index (χ0v) is 19.5. The molecule has 1 unspecified atom stereocenters. The topological polar surface area (TPSA) is 130 Å². The Hall–Kier alpha value is -2.61. The lowest BCUT2D eigenvalue weighted by Gasteiger charge is -2.36. The summed E-state index contributed by atoms with van der Waals surface area (Å²) in [7, 11) is 0. The van der Waals surface area contributed by atoms with Gasteiger partial charge in [0.25, 0.3) is 5.71 Å². The van der Waals surface area contributed by atoms with Crippen molar-refractivity contribution in [3.8, 4) is 0 Å². The summed E-state index contributed by atoms with van der Waals surface area (Å²) >= 11 is 6.07. The number of anilines is 1. The smallest absolute Gasteiger partial charge is 0.313 e. The second-order valence-corrected chi connectivity index (χ2v) is 9.97. The first-order chi connectivity index (χ1) is 15.1. The number of benzene rings is 1. The Morgan fingerprint density at radius 2 is 2.00 bits per heavy atom. The third-order valence-corrected chi connectivity index (χ3v) is 6.63. The molecule has 1 aromatic carbocycles. The van der Waals surface area contributed by atoms with E-state index in [4.69, 9.17) is 22.7 Å². The average molecular weight is 463 g/mol. The van der Waals surface area contributed by atoms with Gasteiger partial charge in [-0.25, -0.2) is 5.41 Å². The largest absolute Gasteiger partial charge is 0.375 e. The molecule has 1 aliphatic heterocycles. The summed E-state index contributed by atoms with van der Waals surface area (Å²) in [4.78, 5) is 39.0. The minimum atomic E-state index is -0.760. The lowest BCUT2D eigenvalue weighted by atomic mass is 9.75. The molecule has 0 spiro atoms. The van der Waals surface area contributed by atoms with Gasteiger partial charge in [-0.2, -0.15) is 0 Å². The van der Waals surface area contributed by atoms with E-state index in [0.717, 1.165) is 25.7 Å². The van der Waals surface area contributed by atoms with Crippen LogP contribution in [0.4, 0.5) is 5.69 Å². The minimum absolute atomic E-state index is 0.0559. The van der Waals surface area contributed by atoms with Crippen LogP contribution in [0.15, 0.2) is 18.2 Å². The molecule has 0 aromatic heterocycles. The van der Waals surface area contributed by atoms with Crippen molar-refractivity contribution in [2.75, 3.05) is 18.4 Å². The second-order valence-electron chi connectivity index (χ2n) is 9.53. The Labute approximate surface area is 193 Å². The van der Waals surface area contributed by atoms with Crippen LogP contribution in [0.25, 0.3) is 0 Å². The van der Waals surface area contributed by atoms with Crippen molar-refractivity contribution in [3.05, 3.63) is 28.8 Å². The van der Waals surface area contributed by atoms with Gasteiger partial charge in [0.05, 0.1) is 17.8 Å². The van der Waals surface area contributed by atoms with E-state index in [9.17, 15) is 14.4 Å². The molecule has 9 heteroatoms. The Kier molecular flexibility index (Phi) is 7.44. The summed E-state index contributed by atoms with van der Waals surface area (Å²) < 4.78 is 0. The normalized spacial score (nSPS) is 22.3. The van der Waals surface area contributed by atoms with Crippen LogP contribution in [0.3, 0.4) is 0 Å². The maximum atomic E-state index is 13.0. The van der Waals surface area contributed by atoms with Crippen LogP contribution < -0.4 is 21.8 Å². The first-order valence-corrected chi connectivity index (χ1v) is 11.5. The fourth-order valence-electron chi connectivity index (χ4n) is 4.76. The highest BCUT2D eigenvalue weighted by atomic mass is 35.5. The number of carbonyl (C=O) groups is 3. The van der Waals surface area contributed by atoms with E-state index in [1.54, 1.807) is 23.1 Å². The molecule has 0 bridgehead atoms. The lowest BCUT2D eigenvalue weighted by molar-refractivity contribution is -0.137. The van der Waals surface area contributed by atoms with E-state index in [-0.39, 0.29) is 35.5 Å². The summed E-state index contributed by atoms with van der Waals surface area (Å²) in [5.74, 6) is -1.03. The second kappa shape index (κ2) is 9.90. The summed E-state index contributed by atoms with van der Waals surface area (Å²) in [6.07, 6.45) is 5.64. The number of nitrogens with two attached hydrogens (primary N) is 2. The highest BCUT2D eigenvalue weighted by Gasteiger charge is 2.36. The number of nitrogens with zero attached hydrogens (tertiary/aromatic N) is 1. The molecule has 174 valence electrons. The quantitative estimate of drug-likeness (QED) is 0.447. The molecule has 1 aliphatic carbocycles. The zero-order chi connectivity index (χ0) is 23.5. The summed E-state index contributed by atoms with van der Waals surface area (Å²) in [5, 5.41) is 12.4. The molecule has 2 aliphatic rings. The van der Waals surface area contributed by atoms with Crippen LogP contribution in [0.2, 0.25) is 5.02 Å². The Morgan fingerprint density at radius 1 is 1.25 bits per heavy atom. The molecule has 1 aromatic rings. The van der Waals surface area contributed by atoms with Gasteiger partial charge in [0.2, 0.25) is 11.8 Å². The van der Waals surface area contributed by atoms with Crippen molar-refractivity contribution < 1.29 is 19.8 Å². The SMILES string of the molecule is CC1(C)CCCC(NC(=O)[C@@H]2CCCN2C(=O)CNc2cc(Cl)ccc2C(=[NH2+])C(N)=O)C1. The number of rotatable bonds is 7. The number of likely N-dealkylation sites (tertiary alicyclic amines) is 1. The van der Waals surface area contributed by atoms with E-state index in [1.165, 1.54) is 6.42 Å².